The average Bonchev–Trinajstić information content (AvgIpc) is 3.41. The number of benzene rings is 1. The van der Waals surface area contributed by atoms with Gasteiger partial charge in [-0.25, -0.2) is 8.78 Å². The summed E-state index contributed by atoms with van der Waals surface area (Å²) in [5.74, 6) is 0.192. The molecule has 0 N–H and O–H groups in total. The number of nitrogens with zero attached hydrogens (tertiary/aromatic N) is 2. The molecule has 1 unspecified atom stereocenters. The van der Waals surface area contributed by atoms with Gasteiger partial charge in [0.15, 0.2) is 16.2 Å². The van der Waals surface area contributed by atoms with Crippen LogP contribution in [0.2, 0.25) is 0 Å². The van der Waals surface area contributed by atoms with Crippen molar-refractivity contribution in [3.63, 3.8) is 0 Å². The monoisotopic (exact) mass is 554 g/mol. The van der Waals surface area contributed by atoms with Crippen LogP contribution in [0.1, 0.15) is 115 Å². The molecule has 0 saturated carbocycles. The van der Waals surface area contributed by atoms with Crippen molar-refractivity contribution in [2.75, 3.05) is 33.0 Å². The summed E-state index contributed by atoms with van der Waals surface area (Å²) in [6.07, 6.45) is 11.5. The third-order valence-electron chi connectivity index (χ3n) is 6.48. The second-order valence-corrected chi connectivity index (χ2v) is 10.8. The average molecular weight is 555 g/mol. The number of hydrogen-bond acceptors (Lipinski definition) is 6. The van der Waals surface area contributed by atoms with Gasteiger partial charge in [0.2, 0.25) is 0 Å². The summed E-state index contributed by atoms with van der Waals surface area (Å²) in [5.41, 5.74) is 0.915. The molecule has 0 bridgehead atoms. The molecule has 38 heavy (non-hydrogen) atoms. The molecule has 5 nitrogen and oxygen atoms in total. The molecule has 216 valence electrons. The van der Waals surface area contributed by atoms with E-state index in [1.54, 1.807) is 12.1 Å². The van der Waals surface area contributed by atoms with Crippen LogP contribution in [0.5, 0.6) is 5.75 Å². The molecular formula is C30H48F2N2O3S. The number of unbranched alkanes of at least 4 members (excludes halogenated alkanes) is 8. The number of alkyl halides is 1. The summed E-state index contributed by atoms with van der Waals surface area (Å²) >= 11 is 1.15. The first-order chi connectivity index (χ1) is 18.6. The van der Waals surface area contributed by atoms with E-state index in [1.807, 2.05) is 0 Å². The molecular weight excluding hydrogens is 506 g/mol. The van der Waals surface area contributed by atoms with Crippen LogP contribution < -0.4 is 4.74 Å². The number of hydrogen-bond donors (Lipinski definition) is 0. The zero-order valence-electron chi connectivity index (χ0n) is 23.7. The molecule has 8 heteroatoms. The van der Waals surface area contributed by atoms with E-state index in [1.165, 1.54) is 6.42 Å². The summed E-state index contributed by atoms with van der Waals surface area (Å²) in [6.45, 7) is 9.02. The summed E-state index contributed by atoms with van der Waals surface area (Å²) in [5, 5.41) is 8.94. The van der Waals surface area contributed by atoms with Gasteiger partial charge in [-0.3, -0.25) is 0 Å². The lowest BCUT2D eigenvalue weighted by atomic mass is 10.0. The molecule has 1 atom stereocenters. The van der Waals surface area contributed by atoms with Crippen LogP contribution in [0, 0.1) is 5.82 Å². The standard InChI is InChI=1S/C30H48F2N2O3S/c1-4-7-10-12-13-15-24-27(37-23-22-36-21-20-35-19-9-6-3)18-17-25(28(24)32)29-33-34-30(38-29)26(31)16-14-11-8-5-2/h17-18,26H,4-16,19-23H2,1-3H3. The van der Waals surface area contributed by atoms with Gasteiger partial charge in [-0.1, -0.05) is 89.9 Å². The first-order valence-electron chi connectivity index (χ1n) is 14.7. The van der Waals surface area contributed by atoms with Crippen molar-refractivity contribution in [2.45, 2.75) is 110 Å². The maximum absolute atomic E-state index is 15.8. The maximum atomic E-state index is 15.8. The Kier molecular flexibility index (Phi) is 17.4. The SMILES string of the molecule is CCCCCCCc1c(OCCOCCOCCCC)ccc(-c2nnc(C(F)CCCCCC)s2)c1F. The molecule has 1 aromatic heterocycles. The predicted molar refractivity (Wildman–Crippen MR) is 152 cm³/mol. The Bertz CT molecular complexity index is 881. The van der Waals surface area contributed by atoms with Crippen LogP contribution in [-0.4, -0.2) is 43.2 Å². The van der Waals surface area contributed by atoms with E-state index in [-0.39, 0.29) is 5.82 Å². The Hall–Kier alpha value is -1.64. The van der Waals surface area contributed by atoms with Crippen molar-refractivity contribution >= 4 is 11.3 Å². The fraction of sp³-hybridized carbons (Fsp3) is 0.733. The normalized spacial score (nSPS) is 12.2. The van der Waals surface area contributed by atoms with E-state index in [9.17, 15) is 4.39 Å². The van der Waals surface area contributed by atoms with Crippen LogP contribution in [0.4, 0.5) is 8.78 Å². The third kappa shape index (κ3) is 12.0. The van der Waals surface area contributed by atoms with E-state index in [2.05, 4.69) is 31.0 Å². The van der Waals surface area contributed by atoms with Crippen LogP contribution in [0.15, 0.2) is 12.1 Å². The Balaban J connectivity index is 2.01. The largest absolute Gasteiger partial charge is 0.491 e. The summed E-state index contributed by atoms with van der Waals surface area (Å²) in [4.78, 5) is 0. The summed E-state index contributed by atoms with van der Waals surface area (Å²) in [7, 11) is 0. The first-order valence-corrected chi connectivity index (χ1v) is 15.5. The Morgan fingerprint density at radius 3 is 2.16 bits per heavy atom. The second-order valence-electron chi connectivity index (χ2n) is 9.76. The fourth-order valence-corrected chi connectivity index (χ4v) is 5.04. The molecule has 0 radical (unpaired) electrons. The van der Waals surface area contributed by atoms with E-state index in [4.69, 9.17) is 14.2 Å². The molecule has 0 amide bonds. The van der Waals surface area contributed by atoms with Crippen LogP contribution in [-0.2, 0) is 15.9 Å². The van der Waals surface area contributed by atoms with Crippen molar-refractivity contribution in [1.82, 2.24) is 10.2 Å². The molecule has 2 aromatic rings. The molecule has 0 fully saturated rings. The first kappa shape index (κ1) is 32.6. The highest BCUT2D eigenvalue weighted by molar-refractivity contribution is 7.14. The molecule has 0 saturated heterocycles. The number of aromatic nitrogens is 2. The highest BCUT2D eigenvalue weighted by Crippen LogP contribution is 2.36. The van der Waals surface area contributed by atoms with Crippen molar-refractivity contribution in [3.05, 3.63) is 28.5 Å². The Morgan fingerprint density at radius 1 is 0.763 bits per heavy atom. The fourth-order valence-electron chi connectivity index (χ4n) is 4.16. The molecule has 0 aliphatic heterocycles. The van der Waals surface area contributed by atoms with Gasteiger partial charge in [-0.2, -0.15) is 0 Å². The van der Waals surface area contributed by atoms with E-state index >= 15 is 4.39 Å². The second kappa shape index (κ2) is 20.3. The van der Waals surface area contributed by atoms with Crippen molar-refractivity contribution < 1.29 is 23.0 Å². The van der Waals surface area contributed by atoms with Gasteiger partial charge in [0.1, 0.15) is 18.2 Å². The lowest BCUT2D eigenvalue weighted by Crippen LogP contribution is -2.12. The highest BCUT2D eigenvalue weighted by atomic mass is 32.1. The maximum Gasteiger partial charge on any atom is 0.153 e. The van der Waals surface area contributed by atoms with Gasteiger partial charge in [0, 0.05) is 17.7 Å². The van der Waals surface area contributed by atoms with Gasteiger partial charge >= 0.3 is 0 Å². The summed E-state index contributed by atoms with van der Waals surface area (Å²) < 4.78 is 47.5. The van der Waals surface area contributed by atoms with Crippen LogP contribution in [0.25, 0.3) is 10.6 Å². The topological polar surface area (TPSA) is 53.5 Å². The van der Waals surface area contributed by atoms with Gasteiger partial charge in [0.25, 0.3) is 0 Å². The number of halogens is 2. The molecule has 0 aliphatic rings. The minimum atomic E-state index is -1.15. The van der Waals surface area contributed by atoms with E-state index in [0.29, 0.717) is 66.2 Å². The van der Waals surface area contributed by atoms with Crippen molar-refractivity contribution in [2.24, 2.45) is 0 Å². The lowest BCUT2D eigenvalue weighted by molar-refractivity contribution is 0.0354. The Morgan fingerprint density at radius 2 is 1.42 bits per heavy atom. The van der Waals surface area contributed by atoms with Crippen LogP contribution >= 0.6 is 11.3 Å². The minimum Gasteiger partial charge on any atom is -0.491 e. The number of ether oxygens (including phenoxy) is 3. The number of rotatable bonds is 23. The van der Waals surface area contributed by atoms with Gasteiger partial charge in [0.05, 0.1) is 19.8 Å². The molecule has 0 aliphatic carbocycles. The molecule has 1 heterocycles. The minimum absolute atomic E-state index is 0.327. The smallest absolute Gasteiger partial charge is 0.153 e. The molecule has 0 spiro atoms. The van der Waals surface area contributed by atoms with Crippen molar-refractivity contribution in [1.29, 1.82) is 0 Å². The predicted octanol–water partition coefficient (Wildman–Crippen LogP) is 9.05. The highest BCUT2D eigenvalue weighted by Gasteiger charge is 2.21. The van der Waals surface area contributed by atoms with Gasteiger partial charge in [-0.15, -0.1) is 10.2 Å². The molecule has 2 rings (SSSR count). The van der Waals surface area contributed by atoms with Gasteiger partial charge < -0.3 is 14.2 Å². The summed E-state index contributed by atoms with van der Waals surface area (Å²) in [6, 6.07) is 3.47. The van der Waals surface area contributed by atoms with E-state index in [0.717, 1.165) is 82.2 Å². The van der Waals surface area contributed by atoms with Gasteiger partial charge in [-0.05, 0) is 37.8 Å². The lowest BCUT2D eigenvalue weighted by Gasteiger charge is -2.15. The quantitative estimate of drug-likeness (QED) is 0.128. The zero-order chi connectivity index (χ0) is 27.4. The van der Waals surface area contributed by atoms with Crippen molar-refractivity contribution in [3.8, 4) is 16.3 Å². The Labute approximate surface area is 232 Å². The third-order valence-corrected chi connectivity index (χ3v) is 7.52. The van der Waals surface area contributed by atoms with E-state index < -0.39 is 6.17 Å². The zero-order valence-corrected chi connectivity index (χ0v) is 24.6. The molecule has 1 aromatic carbocycles. The van der Waals surface area contributed by atoms with Crippen LogP contribution in [0.3, 0.4) is 0 Å².